The Morgan fingerprint density at radius 3 is 2.93 bits per heavy atom. The van der Waals surface area contributed by atoms with E-state index in [4.69, 9.17) is 0 Å². The minimum absolute atomic E-state index is 0.0690. The van der Waals surface area contributed by atoms with Crippen molar-refractivity contribution in [2.45, 2.75) is 20.3 Å². The quantitative estimate of drug-likeness (QED) is 0.746. The maximum absolute atomic E-state index is 14.2. The van der Waals surface area contributed by atoms with Gasteiger partial charge >= 0.3 is 0 Å². The first-order chi connectivity index (χ1) is 12.9. The Morgan fingerprint density at radius 1 is 1.30 bits per heavy atom. The smallest absolute Gasteiger partial charge is 0.229 e. The highest BCUT2D eigenvalue weighted by Crippen LogP contribution is 2.32. The number of hydrogen-bond donors (Lipinski definition) is 2. The summed E-state index contributed by atoms with van der Waals surface area (Å²) in [6.07, 6.45) is 0.0690. The van der Waals surface area contributed by atoms with Crippen molar-refractivity contribution in [1.82, 2.24) is 10.2 Å². The lowest BCUT2D eigenvalue weighted by Gasteiger charge is -2.15. The van der Waals surface area contributed by atoms with Gasteiger partial charge in [-0.05, 0) is 43.2 Å². The fourth-order valence-electron chi connectivity index (χ4n) is 3.40. The van der Waals surface area contributed by atoms with Gasteiger partial charge in [-0.2, -0.15) is 5.10 Å². The van der Waals surface area contributed by atoms with Gasteiger partial charge in [0.2, 0.25) is 11.8 Å². The van der Waals surface area contributed by atoms with Gasteiger partial charge in [0.1, 0.15) is 5.82 Å². The minimum Gasteiger partial charge on any atom is -0.326 e. The van der Waals surface area contributed by atoms with Crippen LogP contribution >= 0.6 is 0 Å². The zero-order valence-electron chi connectivity index (χ0n) is 15.0. The van der Waals surface area contributed by atoms with E-state index in [1.165, 1.54) is 11.0 Å². The number of aromatic amines is 1. The van der Waals surface area contributed by atoms with Crippen LogP contribution in [0.4, 0.5) is 15.9 Å². The Morgan fingerprint density at radius 2 is 2.11 bits per heavy atom. The lowest BCUT2D eigenvalue weighted by Crippen LogP contribution is -2.28. The number of halogens is 1. The van der Waals surface area contributed by atoms with Gasteiger partial charge in [-0.25, -0.2) is 4.39 Å². The van der Waals surface area contributed by atoms with Gasteiger partial charge in [0, 0.05) is 18.7 Å². The number of nitrogens with one attached hydrogen (secondary N) is 2. The maximum Gasteiger partial charge on any atom is 0.229 e. The third-order valence-corrected chi connectivity index (χ3v) is 4.92. The number of carbonyl (C=O) groups is 2. The van der Waals surface area contributed by atoms with Gasteiger partial charge in [-0.15, -0.1) is 0 Å². The summed E-state index contributed by atoms with van der Waals surface area (Å²) in [5, 5.41) is 10.0. The summed E-state index contributed by atoms with van der Waals surface area (Å²) in [7, 11) is 0. The fourth-order valence-corrected chi connectivity index (χ4v) is 3.40. The van der Waals surface area contributed by atoms with Crippen molar-refractivity contribution in [3.63, 3.8) is 0 Å². The summed E-state index contributed by atoms with van der Waals surface area (Å²) in [4.78, 5) is 26.5. The number of fused-ring (bicyclic) bond motifs is 1. The van der Waals surface area contributed by atoms with E-state index in [0.29, 0.717) is 5.52 Å². The SMILES string of the molecule is Cc1ccc(C)c(NC(=O)[C@H]2CC(=O)N(c3n[nH]c4cccc(F)c34)C2)c1. The van der Waals surface area contributed by atoms with Crippen LogP contribution in [0, 0.1) is 25.6 Å². The Bertz CT molecular complexity index is 1060. The molecule has 6 nitrogen and oxygen atoms in total. The molecule has 1 aromatic heterocycles. The number of benzene rings is 2. The number of aromatic nitrogens is 2. The van der Waals surface area contributed by atoms with Crippen molar-refractivity contribution in [3.8, 4) is 0 Å². The van der Waals surface area contributed by atoms with Gasteiger partial charge < -0.3 is 5.32 Å². The first kappa shape index (κ1) is 17.2. The minimum atomic E-state index is -0.518. The molecular weight excluding hydrogens is 347 g/mol. The normalized spacial score (nSPS) is 16.9. The monoisotopic (exact) mass is 366 g/mol. The van der Waals surface area contributed by atoms with Crippen molar-refractivity contribution in [3.05, 3.63) is 53.3 Å². The highest BCUT2D eigenvalue weighted by molar-refractivity contribution is 6.07. The van der Waals surface area contributed by atoms with Crippen LogP contribution in [0.25, 0.3) is 10.9 Å². The number of H-pyrrole nitrogens is 1. The predicted octanol–water partition coefficient (Wildman–Crippen LogP) is 3.31. The Hall–Kier alpha value is -3.22. The van der Waals surface area contributed by atoms with E-state index in [1.54, 1.807) is 12.1 Å². The van der Waals surface area contributed by atoms with E-state index in [9.17, 15) is 14.0 Å². The molecule has 0 aliphatic carbocycles. The van der Waals surface area contributed by atoms with Gasteiger partial charge in [0.05, 0.1) is 16.8 Å². The van der Waals surface area contributed by atoms with Crippen molar-refractivity contribution >= 4 is 34.2 Å². The Labute approximate surface area is 155 Å². The summed E-state index contributed by atoms with van der Waals surface area (Å²) in [6, 6.07) is 10.4. The highest BCUT2D eigenvalue weighted by atomic mass is 19.1. The number of carbonyl (C=O) groups excluding carboxylic acids is 2. The summed E-state index contributed by atoms with van der Waals surface area (Å²) in [5.74, 6) is -1.20. The van der Waals surface area contributed by atoms with Crippen LogP contribution in [0.5, 0.6) is 0 Å². The van der Waals surface area contributed by atoms with E-state index >= 15 is 0 Å². The molecule has 7 heteroatoms. The van der Waals surface area contributed by atoms with Crippen LogP contribution in [0.1, 0.15) is 17.5 Å². The van der Waals surface area contributed by atoms with E-state index in [2.05, 4.69) is 15.5 Å². The number of aryl methyl sites for hydroxylation is 2. The largest absolute Gasteiger partial charge is 0.326 e. The average Bonchev–Trinajstić information content (AvgIpc) is 3.22. The summed E-state index contributed by atoms with van der Waals surface area (Å²) in [5.41, 5.74) is 3.25. The lowest BCUT2D eigenvalue weighted by molar-refractivity contribution is -0.122. The van der Waals surface area contributed by atoms with Crippen LogP contribution < -0.4 is 10.2 Å². The van der Waals surface area contributed by atoms with Crippen molar-refractivity contribution in [2.24, 2.45) is 5.92 Å². The topological polar surface area (TPSA) is 78.1 Å². The van der Waals surface area contributed by atoms with Crippen LogP contribution in [-0.4, -0.2) is 28.6 Å². The van der Waals surface area contributed by atoms with Crippen LogP contribution in [0.15, 0.2) is 36.4 Å². The predicted molar refractivity (Wildman–Crippen MR) is 101 cm³/mol. The number of nitrogens with zero attached hydrogens (tertiary/aromatic N) is 2. The van der Waals surface area contributed by atoms with Gasteiger partial charge in [-0.1, -0.05) is 18.2 Å². The lowest BCUT2D eigenvalue weighted by atomic mass is 10.1. The Balaban J connectivity index is 1.57. The molecule has 1 saturated heterocycles. The second-order valence-electron chi connectivity index (χ2n) is 6.92. The number of anilines is 2. The molecule has 2 aromatic carbocycles. The molecule has 2 amide bonds. The molecule has 0 saturated carbocycles. The van der Waals surface area contributed by atoms with Crippen molar-refractivity contribution < 1.29 is 14.0 Å². The van der Waals surface area contributed by atoms with Gasteiger partial charge in [0.15, 0.2) is 5.82 Å². The van der Waals surface area contributed by atoms with Gasteiger partial charge in [-0.3, -0.25) is 19.6 Å². The molecule has 0 spiro atoms. The fraction of sp³-hybridized carbons (Fsp3) is 0.250. The summed E-state index contributed by atoms with van der Waals surface area (Å²) in [6.45, 7) is 4.04. The molecule has 2 N–H and O–H groups in total. The molecule has 0 unspecified atom stereocenters. The number of amides is 2. The van der Waals surface area contributed by atoms with Crippen LogP contribution in [0.2, 0.25) is 0 Å². The zero-order valence-corrected chi connectivity index (χ0v) is 15.0. The second-order valence-corrected chi connectivity index (χ2v) is 6.92. The molecule has 2 heterocycles. The second kappa shape index (κ2) is 6.50. The maximum atomic E-state index is 14.2. The standard InChI is InChI=1S/C20H19FN4O2/c1-11-6-7-12(2)16(8-11)22-20(27)13-9-17(26)25(10-13)19-18-14(21)4-3-5-15(18)23-24-19/h3-8,13H,9-10H2,1-2H3,(H,22,27)(H,23,24)/t13-/m0/s1. The van der Waals surface area contributed by atoms with Crippen molar-refractivity contribution in [1.29, 1.82) is 0 Å². The third-order valence-electron chi connectivity index (χ3n) is 4.92. The number of hydrogen-bond acceptors (Lipinski definition) is 3. The van der Waals surface area contributed by atoms with E-state index < -0.39 is 11.7 Å². The molecule has 0 bridgehead atoms. The highest BCUT2D eigenvalue weighted by Gasteiger charge is 2.37. The van der Waals surface area contributed by atoms with Crippen LogP contribution in [0.3, 0.4) is 0 Å². The number of rotatable bonds is 3. The van der Waals surface area contributed by atoms with E-state index in [1.807, 2.05) is 32.0 Å². The molecule has 1 fully saturated rings. The van der Waals surface area contributed by atoms with E-state index in [0.717, 1.165) is 16.8 Å². The molecule has 27 heavy (non-hydrogen) atoms. The third kappa shape index (κ3) is 3.05. The van der Waals surface area contributed by atoms with Crippen molar-refractivity contribution in [2.75, 3.05) is 16.8 Å². The zero-order chi connectivity index (χ0) is 19.1. The summed E-state index contributed by atoms with van der Waals surface area (Å²) < 4.78 is 14.2. The molecule has 1 atom stereocenters. The molecular formula is C20H19FN4O2. The first-order valence-corrected chi connectivity index (χ1v) is 8.75. The molecule has 138 valence electrons. The molecule has 4 rings (SSSR count). The molecule has 1 aliphatic heterocycles. The molecule has 1 aliphatic rings. The average molecular weight is 366 g/mol. The summed E-state index contributed by atoms with van der Waals surface area (Å²) >= 11 is 0. The van der Waals surface area contributed by atoms with Crippen LogP contribution in [-0.2, 0) is 9.59 Å². The van der Waals surface area contributed by atoms with Gasteiger partial charge in [0.25, 0.3) is 0 Å². The molecule has 3 aromatic rings. The Kier molecular flexibility index (Phi) is 4.14. The molecule has 0 radical (unpaired) electrons. The first-order valence-electron chi connectivity index (χ1n) is 8.75. The van der Waals surface area contributed by atoms with E-state index in [-0.39, 0.29) is 36.0 Å².